The van der Waals surface area contributed by atoms with E-state index in [2.05, 4.69) is 10.0 Å². The molecule has 3 aromatic rings. The Hall–Kier alpha value is -2.90. The first-order chi connectivity index (χ1) is 13.4. The van der Waals surface area contributed by atoms with Gasteiger partial charge >= 0.3 is 0 Å². The average molecular weight is 398 g/mol. The predicted octanol–water partition coefficient (Wildman–Crippen LogP) is 2.83. The van der Waals surface area contributed by atoms with E-state index in [1.165, 1.54) is 13.0 Å². The van der Waals surface area contributed by atoms with Crippen LogP contribution in [0.15, 0.2) is 71.6 Å². The fourth-order valence-electron chi connectivity index (χ4n) is 2.87. The van der Waals surface area contributed by atoms with Gasteiger partial charge in [-0.25, -0.2) is 8.42 Å². The van der Waals surface area contributed by atoms with E-state index in [0.717, 1.165) is 16.3 Å². The number of carbonyl (C=O) groups is 1. The van der Waals surface area contributed by atoms with Gasteiger partial charge in [-0.05, 0) is 35.9 Å². The molecule has 0 aliphatic carbocycles. The Labute approximate surface area is 164 Å². The van der Waals surface area contributed by atoms with Crippen molar-refractivity contribution in [2.45, 2.75) is 24.4 Å². The summed E-state index contributed by atoms with van der Waals surface area (Å²) in [4.78, 5) is 12.5. The zero-order valence-corrected chi connectivity index (χ0v) is 16.5. The number of fused-ring (bicyclic) bond motifs is 1. The molecule has 0 saturated heterocycles. The molecule has 3 rings (SSSR count). The summed E-state index contributed by atoms with van der Waals surface area (Å²) in [7, 11) is -2.27. The highest BCUT2D eigenvalue weighted by Crippen LogP contribution is 2.19. The summed E-state index contributed by atoms with van der Waals surface area (Å²) < 4.78 is 33.0. The van der Waals surface area contributed by atoms with Crippen molar-refractivity contribution in [3.8, 4) is 5.75 Å². The number of methoxy groups -OCH3 is 1. The molecule has 146 valence electrons. The van der Waals surface area contributed by atoms with Gasteiger partial charge in [0.1, 0.15) is 5.75 Å². The standard InChI is InChI=1S/C21H22N2O4S/c1-15(21(24)22-14-18-9-5-6-10-20(18)27-2)23-28(25,26)19-12-11-16-7-3-4-8-17(16)13-19/h3-13,15,23H,14H2,1-2H3,(H,22,24)/t15-/m0/s1. The van der Waals surface area contributed by atoms with Gasteiger partial charge in [0.2, 0.25) is 15.9 Å². The second-order valence-corrected chi connectivity index (χ2v) is 8.10. The summed E-state index contributed by atoms with van der Waals surface area (Å²) >= 11 is 0. The third kappa shape index (κ3) is 4.49. The summed E-state index contributed by atoms with van der Waals surface area (Å²) in [5.74, 6) is 0.238. The second-order valence-electron chi connectivity index (χ2n) is 6.38. The van der Waals surface area contributed by atoms with Crippen LogP contribution in [0, 0.1) is 0 Å². The molecule has 0 saturated carbocycles. The Morgan fingerprint density at radius 3 is 2.43 bits per heavy atom. The number of amides is 1. The van der Waals surface area contributed by atoms with E-state index >= 15 is 0 Å². The van der Waals surface area contributed by atoms with Crippen molar-refractivity contribution in [3.63, 3.8) is 0 Å². The summed E-state index contributed by atoms with van der Waals surface area (Å²) in [6.45, 7) is 1.75. The number of ether oxygens (including phenoxy) is 1. The van der Waals surface area contributed by atoms with Gasteiger partial charge in [0.15, 0.2) is 0 Å². The molecule has 0 aliphatic rings. The number of nitrogens with one attached hydrogen (secondary N) is 2. The number of hydrogen-bond acceptors (Lipinski definition) is 4. The molecular formula is C21H22N2O4S. The minimum Gasteiger partial charge on any atom is -0.496 e. The third-order valence-electron chi connectivity index (χ3n) is 4.40. The predicted molar refractivity (Wildman–Crippen MR) is 109 cm³/mol. The Morgan fingerprint density at radius 1 is 1.00 bits per heavy atom. The lowest BCUT2D eigenvalue weighted by molar-refractivity contribution is -0.122. The topological polar surface area (TPSA) is 84.5 Å². The largest absolute Gasteiger partial charge is 0.496 e. The highest BCUT2D eigenvalue weighted by atomic mass is 32.2. The highest BCUT2D eigenvalue weighted by molar-refractivity contribution is 7.89. The van der Waals surface area contributed by atoms with Crippen LogP contribution in [0.5, 0.6) is 5.75 Å². The summed E-state index contributed by atoms with van der Waals surface area (Å²) in [5, 5.41) is 4.50. The fraction of sp³-hybridized carbons (Fsp3) is 0.190. The van der Waals surface area contributed by atoms with E-state index in [-0.39, 0.29) is 11.4 Å². The number of para-hydroxylation sites is 1. The molecule has 1 atom stereocenters. The van der Waals surface area contributed by atoms with Gasteiger partial charge in [0.05, 0.1) is 18.0 Å². The highest BCUT2D eigenvalue weighted by Gasteiger charge is 2.22. The molecule has 3 aromatic carbocycles. The Morgan fingerprint density at radius 2 is 1.68 bits per heavy atom. The number of benzene rings is 3. The first-order valence-electron chi connectivity index (χ1n) is 8.81. The van der Waals surface area contributed by atoms with Gasteiger partial charge in [-0.1, -0.05) is 48.5 Å². The molecule has 0 fully saturated rings. The summed E-state index contributed by atoms with van der Waals surface area (Å²) in [5.41, 5.74) is 0.808. The van der Waals surface area contributed by atoms with Gasteiger partial charge in [-0.3, -0.25) is 4.79 Å². The maximum atomic E-state index is 12.7. The lowest BCUT2D eigenvalue weighted by Gasteiger charge is -2.15. The van der Waals surface area contributed by atoms with Crippen LogP contribution in [0.4, 0.5) is 0 Å². The zero-order valence-electron chi connectivity index (χ0n) is 15.7. The third-order valence-corrected chi connectivity index (χ3v) is 5.94. The minimum atomic E-state index is -3.83. The van der Waals surface area contributed by atoms with Crippen molar-refractivity contribution in [3.05, 3.63) is 72.3 Å². The lowest BCUT2D eigenvalue weighted by Crippen LogP contribution is -2.44. The molecule has 6 nitrogen and oxygen atoms in total. The maximum absolute atomic E-state index is 12.7. The van der Waals surface area contributed by atoms with Crippen LogP contribution in [0.2, 0.25) is 0 Å². The fourth-order valence-corrected chi connectivity index (χ4v) is 4.11. The van der Waals surface area contributed by atoms with Crippen LogP contribution in [0.1, 0.15) is 12.5 Å². The number of carbonyl (C=O) groups excluding carboxylic acids is 1. The molecular weight excluding hydrogens is 376 g/mol. The smallest absolute Gasteiger partial charge is 0.241 e. The molecule has 0 aliphatic heterocycles. The van der Waals surface area contributed by atoms with E-state index < -0.39 is 22.0 Å². The number of hydrogen-bond donors (Lipinski definition) is 2. The number of sulfonamides is 1. The first-order valence-corrected chi connectivity index (χ1v) is 10.3. The Kier molecular flexibility index (Phi) is 5.96. The van der Waals surface area contributed by atoms with Crippen molar-refractivity contribution in [2.75, 3.05) is 7.11 Å². The minimum absolute atomic E-state index is 0.121. The molecule has 7 heteroatoms. The molecule has 0 radical (unpaired) electrons. The number of rotatable bonds is 7. The Balaban J connectivity index is 1.68. The normalized spacial score (nSPS) is 12.5. The molecule has 0 heterocycles. The van der Waals surface area contributed by atoms with Crippen LogP contribution in [0.3, 0.4) is 0 Å². The van der Waals surface area contributed by atoms with Gasteiger partial charge in [0, 0.05) is 12.1 Å². The first kappa shape index (κ1) is 19.9. The zero-order chi connectivity index (χ0) is 20.1. The molecule has 2 N–H and O–H groups in total. The van der Waals surface area contributed by atoms with E-state index in [0.29, 0.717) is 5.75 Å². The summed E-state index contributed by atoms with van der Waals surface area (Å²) in [6, 6.07) is 18.8. The van der Waals surface area contributed by atoms with Crippen LogP contribution in [-0.2, 0) is 21.4 Å². The molecule has 0 spiro atoms. The Bertz CT molecular complexity index is 1100. The quantitative estimate of drug-likeness (QED) is 0.641. The molecule has 28 heavy (non-hydrogen) atoms. The molecule has 0 unspecified atom stereocenters. The van der Waals surface area contributed by atoms with Crippen molar-refractivity contribution in [1.29, 1.82) is 0 Å². The van der Waals surface area contributed by atoms with E-state index in [4.69, 9.17) is 4.74 Å². The van der Waals surface area contributed by atoms with Gasteiger partial charge in [-0.2, -0.15) is 4.72 Å². The van der Waals surface area contributed by atoms with Crippen LogP contribution >= 0.6 is 0 Å². The van der Waals surface area contributed by atoms with Crippen LogP contribution in [-0.4, -0.2) is 27.5 Å². The van der Waals surface area contributed by atoms with Gasteiger partial charge in [0.25, 0.3) is 0 Å². The van der Waals surface area contributed by atoms with Crippen molar-refractivity contribution in [2.24, 2.45) is 0 Å². The molecule has 0 aromatic heterocycles. The van der Waals surface area contributed by atoms with Crippen molar-refractivity contribution >= 4 is 26.7 Å². The van der Waals surface area contributed by atoms with E-state index in [9.17, 15) is 13.2 Å². The van der Waals surface area contributed by atoms with Gasteiger partial charge < -0.3 is 10.1 Å². The molecule has 1 amide bonds. The second kappa shape index (κ2) is 8.41. The molecule has 0 bridgehead atoms. The van der Waals surface area contributed by atoms with Crippen molar-refractivity contribution < 1.29 is 17.9 Å². The SMILES string of the molecule is COc1ccccc1CNC(=O)[C@H](C)NS(=O)(=O)c1ccc2ccccc2c1. The van der Waals surface area contributed by atoms with Crippen molar-refractivity contribution in [1.82, 2.24) is 10.0 Å². The van der Waals surface area contributed by atoms with E-state index in [1.54, 1.807) is 25.3 Å². The van der Waals surface area contributed by atoms with Crippen LogP contribution < -0.4 is 14.8 Å². The van der Waals surface area contributed by atoms with Crippen LogP contribution in [0.25, 0.3) is 10.8 Å². The monoisotopic (exact) mass is 398 g/mol. The summed E-state index contributed by atoms with van der Waals surface area (Å²) in [6.07, 6.45) is 0. The lowest BCUT2D eigenvalue weighted by atomic mass is 10.1. The van der Waals surface area contributed by atoms with E-state index in [1.807, 2.05) is 42.5 Å². The maximum Gasteiger partial charge on any atom is 0.241 e. The van der Waals surface area contributed by atoms with Gasteiger partial charge in [-0.15, -0.1) is 0 Å². The average Bonchev–Trinajstić information content (AvgIpc) is 2.71.